The summed E-state index contributed by atoms with van der Waals surface area (Å²) in [6, 6.07) is 24.9. The first-order chi connectivity index (χ1) is 19.6. The number of carbonyl (C=O) groups is 1. The maximum atomic E-state index is 13.5. The van der Waals surface area contributed by atoms with Crippen LogP contribution in [0.2, 0.25) is 0 Å². The lowest BCUT2D eigenvalue weighted by Gasteiger charge is -2.48. The second-order valence-corrected chi connectivity index (χ2v) is 10.8. The molecule has 0 bridgehead atoms. The molecule has 0 spiro atoms. The smallest absolute Gasteiger partial charge is 0.453 e. The number of esters is 1. The van der Waals surface area contributed by atoms with Crippen molar-refractivity contribution in [1.82, 2.24) is 0 Å². The highest BCUT2D eigenvalue weighted by molar-refractivity contribution is 7.87. The molecule has 218 valence electrons. The summed E-state index contributed by atoms with van der Waals surface area (Å²) in [7, 11) is -6.19. The molecule has 41 heavy (non-hydrogen) atoms. The monoisotopic (exact) mass is 594 g/mol. The van der Waals surface area contributed by atoms with Gasteiger partial charge in [-0.2, -0.15) is 21.6 Å². The number of halogens is 3. The van der Waals surface area contributed by atoms with Crippen LogP contribution in [0.4, 0.5) is 13.2 Å². The van der Waals surface area contributed by atoms with Crippen LogP contribution in [0, 0.1) is 0 Å². The lowest BCUT2D eigenvalue weighted by atomic mass is 9.97. The standard InChI is InChI=1S/C28H25F3O9S/c29-28(30,31)41(33,34)40-24-23(38-25(32)19-12-6-2-7-13-19)22-21(17-36-26(39-22)20-14-8-3-9-15-20)37-27(24)35-16-18-10-4-1-5-11-18/h1-15,21-24,26-27H,16-17H2/t21-,22+,23+,24-,26?,27-/m1/s1. The van der Waals surface area contributed by atoms with Crippen molar-refractivity contribution in [2.24, 2.45) is 0 Å². The summed E-state index contributed by atoms with van der Waals surface area (Å²) in [5.41, 5.74) is -4.51. The number of ether oxygens (including phenoxy) is 5. The highest BCUT2D eigenvalue weighted by atomic mass is 32.2. The largest absolute Gasteiger partial charge is 0.523 e. The molecule has 6 atom stereocenters. The van der Waals surface area contributed by atoms with Crippen molar-refractivity contribution >= 4 is 16.1 Å². The molecular formula is C28H25F3O9S. The molecule has 0 saturated carbocycles. The molecule has 0 aromatic heterocycles. The Morgan fingerprint density at radius 3 is 2.10 bits per heavy atom. The first-order valence-corrected chi connectivity index (χ1v) is 13.9. The Bertz CT molecular complexity index is 1410. The fraction of sp³-hybridized carbons (Fsp3) is 0.321. The minimum Gasteiger partial charge on any atom is -0.453 e. The normalized spacial score (nSPS) is 26.6. The Balaban J connectivity index is 1.50. The molecule has 3 aromatic carbocycles. The van der Waals surface area contributed by atoms with Gasteiger partial charge in [0.15, 0.2) is 24.8 Å². The molecule has 0 aliphatic carbocycles. The predicted octanol–water partition coefficient (Wildman–Crippen LogP) is 4.50. The van der Waals surface area contributed by atoms with E-state index < -0.39 is 58.6 Å². The summed E-state index contributed by atoms with van der Waals surface area (Å²) in [5.74, 6) is -0.942. The van der Waals surface area contributed by atoms with Gasteiger partial charge in [-0.3, -0.25) is 4.18 Å². The zero-order valence-electron chi connectivity index (χ0n) is 21.3. The fourth-order valence-electron chi connectivity index (χ4n) is 4.42. The third-order valence-electron chi connectivity index (χ3n) is 6.39. The molecule has 5 rings (SSSR count). The predicted molar refractivity (Wildman–Crippen MR) is 135 cm³/mol. The zero-order chi connectivity index (χ0) is 29.0. The van der Waals surface area contributed by atoms with Crippen molar-refractivity contribution < 1.29 is 54.3 Å². The lowest BCUT2D eigenvalue weighted by molar-refractivity contribution is -0.358. The summed E-state index contributed by atoms with van der Waals surface area (Å²) in [5, 5.41) is 0. The summed E-state index contributed by atoms with van der Waals surface area (Å²) in [6.45, 7) is -0.309. The highest BCUT2D eigenvalue weighted by Crippen LogP contribution is 2.39. The number of fused-ring (bicyclic) bond motifs is 1. The Morgan fingerprint density at radius 2 is 1.46 bits per heavy atom. The summed E-state index contributed by atoms with van der Waals surface area (Å²) in [4.78, 5) is 13.1. The number of hydrogen-bond donors (Lipinski definition) is 0. The molecule has 3 aromatic rings. The Morgan fingerprint density at radius 1 is 0.854 bits per heavy atom. The van der Waals surface area contributed by atoms with E-state index >= 15 is 0 Å². The van der Waals surface area contributed by atoms with Crippen molar-refractivity contribution in [2.45, 2.75) is 49.1 Å². The zero-order valence-corrected chi connectivity index (χ0v) is 22.1. The third-order valence-corrected chi connectivity index (χ3v) is 7.43. The van der Waals surface area contributed by atoms with Crippen LogP contribution in [0.1, 0.15) is 27.8 Å². The highest BCUT2D eigenvalue weighted by Gasteiger charge is 2.58. The maximum absolute atomic E-state index is 13.5. The van der Waals surface area contributed by atoms with Crippen molar-refractivity contribution in [1.29, 1.82) is 0 Å². The molecule has 0 radical (unpaired) electrons. The molecule has 2 fully saturated rings. The minimum atomic E-state index is -6.19. The molecule has 2 heterocycles. The van der Waals surface area contributed by atoms with Crippen molar-refractivity contribution in [3.05, 3.63) is 108 Å². The van der Waals surface area contributed by atoms with Crippen LogP contribution in [0.15, 0.2) is 91.0 Å². The van der Waals surface area contributed by atoms with Crippen molar-refractivity contribution in [3.8, 4) is 0 Å². The second-order valence-electron chi connectivity index (χ2n) is 9.21. The summed E-state index contributed by atoms with van der Waals surface area (Å²) < 4.78 is 98.7. The Hall–Kier alpha value is -3.33. The van der Waals surface area contributed by atoms with E-state index in [4.69, 9.17) is 23.7 Å². The van der Waals surface area contributed by atoms with Gasteiger partial charge >= 0.3 is 21.6 Å². The molecule has 1 unspecified atom stereocenters. The van der Waals surface area contributed by atoms with E-state index in [0.29, 0.717) is 11.1 Å². The van der Waals surface area contributed by atoms with Gasteiger partial charge in [0.2, 0.25) is 0 Å². The van der Waals surface area contributed by atoms with Crippen LogP contribution in [-0.4, -0.2) is 57.2 Å². The van der Waals surface area contributed by atoms with Gasteiger partial charge in [0.1, 0.15) is 12.2 Å². The van der Waals surface area contributed by atoms with Crippen LogP contribution in [0.25, 0.3) is 0 Å². The van der Waals surface area contributed by atoms with Crippen molar-refractivity contribution in [3.63, 3.8) is 0 Å². The molecule has 0 amide bonds. The second kappa shape index (κ2) is 12.3. The number of alkyl halides is 3. The third kappa shape index (κ3) is 6.77. The first-order valence-electron chi connectivity index (χ1n) is 12.5. The molecular weight excluding hydrogens is 569 g/mol. The average Bonchev–Trinajstić information content (AvgIpc) is 2.98. The van der Waals surface area contributed by atoms with E-state index in [9.17, 15) is 26.4 Å². The summed E-state index contributed by atoms with van der Waals surface area (Å²) >= 11 is 0. The van der Waals surface area contributed by atoms with E-state index in [1.54, 1.807) is 78.9 Å². The molecule has 2 aliphatic heterocycles. The number of hydrogen-bond acceptors (Lipinski definition) is 9. The topological polar surface area (TPSA) is 107 Å². The number of rotatable bonds is 8. The van der Waals surface area contributed by atoms with Gasteiger partial charge in [-0.05, 0) is 17.7 Å². The molecule has 2 saturated heterocycles. The van der Waals surface area contributed by atoms with E-state index in [2.05, 4.69) is 4.18 Å². The van der Waals surface area contributed by atoms with Crippen LogP contribution in [-0.2, 0) is 44.6 Å². The van der Waals surface area contributed by atoms with Crippen LogP contribution in [0.3, 0.4) is 0 Å². The number of carbonyl (C=O) groups excluding carboxylic acids is 1. The quantitative estimate of drug-likeness (QED) is 0.212. The van der Waals surface area contributed by atoms with Gasteiger partial charge < -0.3 is 23.7 Å². The first kappa shape index (κ1) is 29.2. The van der Waals surface area contributed by atoms with E-state index in [0.717, 1.165) is 0 Å². The van der Waals surface area contributed by atoms with Crippen LogP contribution in [0.5, 0.6) is 0 Å². The summed E-state index contributed by atoms with van der Waals surface area (Å²) in [6.07, 6.45) is -8.84. The Labute approximate surface area is 233 Å². The van der Waals surface area contributed by atoms with Gasteiger partial charge in [0.05, 0.1) is 18.8 Å². The van der Waals surface area contributed by atoms with Gasteiger partial charge in [0, 0.05) is 5.56 Å². The Kier molecular flexibility index (Phi) is 8.73. The van der Waals surface area contributed by atoms with E-state index in [1.165, 1.54) is 12.1 Å². The molecule has 13 heteroatoms. The molecule has 9 nitrogen and oxygen atoms in total. The van der Waals surface area contributed by atoms with Gasteiger partial charge in [-0.25, -0.2) is 4.79 Å². The van der Waals surface area contributed by atoms with Crippen LogP contribution < -0.4 is 0 Å². The number of benzene rings is 3. The van der Waals surface area contributed by atoms with E-state index in [-0.39, 0.29) is 18.8 Å². The van der Waals surface area contributed by atoms with Crippen molar-refractivity contribution in [2.75, 3.05) is 6.61 Å². The van der Waals surface area contributed by atoms with Gasteiger partial charge in [0.25, 0.3) is 0 Å². The average molecular weight is 595 g/mol. The maximum Gasteiger partial charge on any atom is 0.523 e. The van der Waals surface area contributed by atoms with Gasteiger partial charge in [-0.1, -0.05) is 78.9 Å². The minimum absolute atomic E-state index is 0.0707. The van der Waals surface area contributed by atoms with E-state index in [1.807, 2.05) is 0 Å². The SMILES string of the molecule is O=C(O[C@H]1[C@H]2OC(c3ccccc3)OC[C@H]2O[C@@H](OCc2ccccc2)[C@@H]1OS(=O)(=O)C(F)(F)F)c1ccccc1. The lowest BCUT2D eigenvalue weighted by Crippen LogP contribution is -2.64. The molecule has 0 N–H and O–H groups in total. The van der Waals surface area contributed by atoms with Crippen LogP contribution >= 0.6 is 0 Å². The van der Waals surface area contributed by atoms with Gasteiger partial charge in [-0.15, -0.1) is 0 Å². The fourth-order valence-corrected chi connectivity index (χ4v) is 5.02. The molecule has 2 aliphatic rings.